The lowest BCUT2D eigenvalue weighted by atomic mass is 10.1. The number of nitrogens with zero attached hydrogens (tertiary/aromatic N) is 2. The molecule has 34 heavy (non-hydrogen) atoms. The van der Waals surface area contributed by atoms with Crippen LogP contribution in [0.5, 0.6) is 17.2 Å². The van der Waals surface area contributed by atoms with Crippen molar-refractivity contribution < 1.29 is 19.0 Å². The predicted molar refractivity (Wildman–Crippen MR) is 138 cm³/mol. The summed E-state index contributed by atoms with van der Waals surface area (Å²) in [6, 6.07) is 9.91. The number of oxime groups is 1. The molecule has 0 saturated heterocycles. The van der Waals surface area contributed by atoms with E-state index in [1.54, 1.807) is 14.2 Å². The normalized spacial score (nSPS) is 13.7. The molecule has 1 aliphatic rings. The zero-order valence-corrected chi connectivity index (χ0v) is 20.9. The number of ether oxygens (including phenoxy) is 3. The average molecular weight is 484 g/mol. The molecule has 1 unspecified atom stereocenters. The summed E-state index contributed by atoms with van der Waals surface area (Å²) in [4.78, 5) is 11.4. The van der Waals surface area contributed by atoms with Gasteiger partial charge >= 0.3 is 0 Å². The molecule has 0 spiro atoms. The van der Waals surface area contributed by atoms with Gasteiger partial charge in [-0.25, -0.2) is 0 Å². The minimum Gasteiger partial charge on any atom is -0.493 e. The van der Waals surface area contributed by atoms with E-state index in [0.717, 1.165) is 45.6 Å². The first-order chi connectivity index (χ1) is 16.0. The fourth-order valence-electron chi connectivity index (χ4n) is 3.91. The summed E-state index contributed by atoms with van der Waals surface area (Å²) in [6.07, 6.45) is 5.85. The van der Waals surface area contributed by atoms with Crippen molar-refractivity contribution >= 4 is 29.0 Å². The van der Waals surface area contributed by atoms with Gasteiger partial charge in [-0.1, -0.05) is 18.0 Å². The van der Waals surface area contributed by atoms with Crippen molar-refractivity contribution in [1.82, 2.24) is 9.88 Å². The Labute approximate surface area is 206 Å². The van der Waals surface area contributed by atoms with E-state index in [4.69, 9.17) is 25.5 Å². The molecule has 1 aliphatic carbocycles. The maximum atomic E-state index is 5.98. The molecule has 8 heteroatoms. The molecule has 0 fully saturated rings. The second-order valence-electron chi connectivity index (χ2n) is 8.10. The molecular weight excluding hydrogens is 454 g/mol. The Kier molecular flexibility index (Phi) is 7.98. The first-order valence-corrected chi connectivity index (χ1v) is 10.9. The van der Waals surface area contributed by atoms with Crippen molar-refractivity contribution in [2.75, 3.05) is 41.5 Å². The topological polar surface area (TPSA) is 68.3 Å². The quantitative estimate of drug-likeness (QED) is 0.276. The fourth-order valence-corrected chi connectivity index (χ4v) is 3.91. The molecule has 0 aliphatic heterocycles. The third kappa shape index (κ3) is 4.65. The second kappa shape index (κ2) is 10.7. The highest BCUT2D eigenvalue weighted by Gasteiger charge is 2.32. The van der Waals surface area contributed by atoms with E-state index in [1.807, 2.05) is 51.4 Å². The predicted octanol–water partition coefficient (Wildman–Crippen LogP) is 4.71. The Balaban J connectivity index is 0.00000324. The number of hydrogen-bond donors (Lipinski definition) is 1. The number of halogens is 1. The molecular formula is C26H30ClN3O4. The van der Waals surface area contributed by atoms with Gasteiger partial charge in [-0.15, -0.1) is 18.8 Å². The molecule has 4 rings (SSSR count). The summed E-state index contributed by atoms with van der Waals surface area (Å²) in [6.45, 7) is 3.40. The average Bonchev–Trinajstić information content (AvgIpc) is 3.33. The highest BCUT2D eigenvalue weighted by Crippen LogP contribution is 2.46. The van der Waals surface area contributed by atoms with Gasteiger partial charge in [0.25, 0.3) is 0 Å². The number of benzene rings is 2. The number of methoxy groups -OCH3 is 2. The van der Waals surface area contributed by atoms with E-state index >= 15 is 0 Å². The van der Waals surface area contributed by atoms with Gasteiger partial charge in [0, 0.05) is 34.1 Å². The fraction of sp³-hybridized carbons (Fsp3) is 0.346. The molecule has 0 radical (unpaired) electrons. The van der Waals surface area contributed by atoms with E-state index in [2.05, 4.69) is 21.0 Å². The number of aromatic nitrogens is 1. The molecule has 180 valence electrons. The number of H-pyrrole nitrogens is 1. The zero-order valence-electron chi connectivity index (χ0n) is 20.1. The monoisotopic (exact) mass is 483 g/mol. The Morgan fingerprint density at radius 3 is 2.41 bits per heavy atom. The molecule has 1 heterocycles. The summed E-state index contributed by atoms with van der Waals surface area (Å²) in [5.41, 5.74) is 5.43. The number of rotatable bonds is 9. The van der Waals surface area contributed by atoms with Crippen LogP contribution in [0.25, 0.3) is 22.2 Å². The van der Waals surface area contributed by atoms with E-state index in [9.17, 15) is 0 Å². The number of nitrogens with one attached hydrogen (secondary N) is 1. The molecule has 0 saturated carbocycles. The van der Waals surface area contributed by atoms with Gasteiger partial charge in [-0.05, 0) is 50.8 Å². The van der Waals surface area contributed by atoms with Gasteiger partial charge in [0.15, 0.2) is 17.6 Å². The summed E-state index contributed by atoms with van der Waals surface area (Å²) < 4.78 is 17.1. The van der Waals surface area contributed by atoms with Crippen molar-refractivity contribution in [3.63, 3.8) is 0 Å². The largest absolute Gasteiger partial charge is 0.493 e. The lowest BCUT2D eigenvalue weighted by molar-refractivity contribution is 0.0971. The summed E-state index contributed by atoms with van der Waals surface area (Å²) in [7, 11) is 7.28. The summed E-state index contributed by atoms with van der Waals surface area (Å²) in [5.74, 6) is 4.69. The maximum Gasteiger partial charge on any atom is 0.186 e. The molecule has 7 nitrogen and oxygen atoms in total. The van der Waals surface area contributed by atoms with Crippen LogP contribution in [0.4, 0.5) is 0 Å². The minimum atomic E-state index is -0.403. The van der Waals surface area contributed by atoms with Crippen LogP contribution in [0, 0.1) is 12.3 Å². The maximum absolute atomic E-state index is 5.98. The number of fused-ring (bicyclic) bond motifs is 5. The van der Waals surface area contributed by atoms with Gasteiger partial charge in [0.05, 0.1) is 19.9 Å². The van der Waals surface area contributed by atoms with Gasteiger partial charge in [-0.3, -0.25) is 0 Å². The standard InChI is InChI=1S/C26H29N3O4.ClH/c1-7-16(8-2)33-28-26-19-15-23(31-6)22(30-5)14-18(19)25-24(26)20-13-17(9-10-21(20)27-25)32-12-11-29(3)4;/h1,9-10,13-16,27H,8,11-12H2,2-6H3;1H. The van der Waals surface area contributed by atoms with E-state index in [1.165, 1.54) is 0 Å². The molecule has 1 N–H and O–H groups in total. The molecule has 2 aromatic carbocycles. The molecule has 0 bridgehead atoms. The van der Waals surface area contributed by atoms with Crippen molar-refractivity contribution in [2.24, 2.45) is 5.16 Å². The van der Waals surface area contributed by atoms with Gasteiger partial charge in [0.2, 0.25) is 0 Å². The lowest BCUT2D eigenvalue weighted by Crippen LogP contribution is -2.19. The SMILES string of the molecule is C#CC(CC)ON=C1c2cc(OC)c(OC)cc2-c2[nH]c3ccc(OCCN(C)C)cc3c21.Cl. The first-order valence-electron chi connectivity index (χ1n) is 10.9. The number of aromatic amines is 1. The summed E-state index contributed by atoms with van der Waals surface area (Å²) in [5, 5.41) is 5.52. The van der Waals surface area contributed by atoms with E-state index < -0.39 is 6.10 Å². The zero-order chi connectivity index (χ0) is 23.5. The van der Waals surface area contributed by atoms with Crippen LogP contribution in [-0.2, 0) is 4.84 Å². The number of terminal acetylenes is 1. The van der Waals surface area contributed by atoms with Crippen LogP contribution >= 0.6 is 12.4 Å². The van der Waals surface area contributed by atoms with Crippen molar-refractivity contribution in [2.45, 2.75) is 19.4 Å². The lowest BCUT2D eigenvalue weighted by Gasteiger charge is -2.12. The van der Waals surface area contributed by atoms with Crippen LogP contribution in [0.1, 0.15) is 24.5 Å². The third-order valence-electron chi connectivity index (χ3n) is 5.69. The second-order valence-corrected chi connectivity index (χ2v) is 8.10. The first kappa shape index (κ1) is 25.3. The van der Waals surface area contributed by atoms with Crippen molar-refractivity contribution in [1.29, 1.82) is 0 Å². The van der Waals surface area contributed by atoms with Crippen LogP contribution in [0.3, 0.4) is 0 Å². The van der Waals surface area contributed by atoms with Crippen molar-refractivity contribution in [3.05, 3.63) is 41.5 Å². The number of hydrogen-bond acceptors (Lipinski definition) is 6. The van der Waals surface area contributed by atoms with Crippen LogP contribution < -0.4 is 14.2 Å². The molecule has 3 aromatic rings. The summed E-state index contributed by atoms with van der Waals surface area (Å²) >= 11 is 0. The van der Waals surface area contributed by atoms with Crippen LogP contribution in [-0.4, -0.2) is 63.2 Å². The van der Waals surface area contributed by atoms with Crippen LogP contribution in [0.2, 0.25) is 0 Å². The van der Waals surface area contributed by atoms with Gasteiger partial charge < -0.3 is 28.9 Å². The molecule has 1 aromatic heterocycles. The Morgan fingerprint density at radius 1 is 1.09 bits per heavy atom. The molecule has 0 amide bonds. The van der Waals surface area contributed by atoms with E-state index in [0.29, 0.717) is 30.2 Å². The Hall–Kier alpha value is -3.34. The number of likely N-dealkylation sites (N-methyl/N-ethyl adjacent to an activating group) is 1. The van der Waals surface area contributed by atoms with Crippen LogP contribution in [0.15, 0.2) is 35.5 Å². The van der Waals surface area contributed by atoms with E-state index in [-0.39, 0.29) is 12.4 Å². The highest BCUT2D eigenvalue weighted by atomic mass is 35.5. The molecule has 1 atom stereocenters. The Bertz CT molecular complexity index is 1240. The Morgan fingerprint density at radius 2 is 1.79 bits per heavy atom. The van der Waals surface area contributed by atoms with Crippen molar-refractivity contribution in [3.8, 4) is 40.8 Å². The van der Waals surface area contributed by atoms with Gasteiger partial charge in [-0.2, -0.15) is 0 Å². The highest BCUT2D eigenvalue weighted by molar-refractivity contribution is 6.30. The smallest absolute Gasteiger partial charge is 0.186 e. The minimum absolute atomic E-state index is 0. The van der Waals surface area contributed by atoms with Gasteiger partial charge in [0.1, 0.15) is 18.1 Å². The third-order valence-corrected chi connectivity index (χ3v) is 5.69.